The molecule has 1 aliphatic rings. The highest BCUT2D eigenvalue weighted by Gasteiger charge is 2.21. The van der Waals surface area contributed by atoms with Crippen LogP contribution in [0.25, 0.3) is 0 Å². The predicted octanol–water partition coefficient (Wildman–Crippen LogP) is 0.519. The summed E-state index contributed by atoms with van der Waals surface area (Å²) in [5, 5.41) is 8.36. The molecule has 23 heavy (non-hydrogen) atoms. The molecule has 124 valence electrons. The third-order valence-electron chi connectivity index (χ3n) is 3.83. The summed E-state index contributed by atoms with van der Waals surface area (Å²) in [6.45, 7) is 2.10. The number of hydrogen-bond acceptors (Lipinski definition) is 3. The molecule has 2 rings (SSSR count). The third-order valence-corrected chi connectivity index (χ3v) is 3.83. The molecule has 6 heteroatoms. The lowest BCUT2D eigenvalue weighted by Gasteiger charge is -2.20. The van der Waals surface area contributed by atoms with E-state index in [1.807, 2.05) is 30.3 Å². The van der Waals surface area contributed by atoms with Crippen LogP contribution in [0, 0.1) is 0 Å². The first-order valence-corrected chi connectivity index (χ1v) is 7.95. The van der Waals surface area contributed by atoms with Crippen molar-refractivity contribution < 1.29 is 14.4 Å². The van der Waals surface area contributed by atoms with Crippen molar-refractivity contribution in [2.24, 2.45) is 0 Å². The van der Waals surface area contributed by atoms with Crippen LogP contribution in [-0.4, -0.2) is 36.3 Å². The van der Waals surface area contributed by atoms with E-state index in [0.717, 1.165) is 18.4 Å². The Morgan fingerprint density at radius 2 is 2.04 bits per heavy atom. The highest BCUT2D eigenvalue weighted by atomic mass is 16.2. The molecule has 0 spiro atoms. The molecule has 1 fully saturated rings. The molecule has 0 aliphatic carbocycles. The Bertz CT molecular complexity index is 559. The van der Waals surface area contributed by atoms with Gasteiger partial charge in [0.25, 0.3) is 0 Å². The van der Waals surface area contributed by atoms with Crippen LogP contribution in [0.2, 0.25) is 0 Å². The number of rotatable bonds is 5. The molecule has 1 unspecified atom stereocenters. The van der Waals surface area contributed by atoms with Crippen LogP contribution in [0.5, 0.6) is 0 Å². The SMILES string of the molecule is C[C@H](NC(=O)Cc1ccccc1)C(=O)NC1CCCC(=O)NC1. The van der Waals surface area contributed by atoms with Crippen molar-refractivity contribution in [3.05, 3.63) is 35.9 Å². The molecule has 1 aromatic rings. The van der Waals surface area contributed by atoms with E-state index in [2.05, 4.69) is 16.0 Å². The average molecular weight is 317 g/mol. The number of nitrogens with one attached hydrogen (secondary N) is 3. The summed E-state index contributed by atoms with van der Waals surface area (Å²) in [7, 11) is 0. The second-order valence-electron chi connectivity index (χ2n) is 5.85. The van der Waals surface area contributed by atoms with Gasteiger partial charge in [0.1, 0.15) is 6.04 Å². The molecule has 0 bridgehead atoms. The third kappa shape index (κ3) is 5.73. The van der Waals surface area contributed by atoms with Crippen LogP contribution in [0.4, 0.5) is 0 Å². The van der Waals surface area contributed by atoms with Crippen molar-refractivity contribution in [3.8, 4) is 0 Å². The molecule has 6 nitrogen and oxygen atoms in total. The number of carbonyl (C=O) groups excluding carboxylic acids is 3. The molecule has 1 aliphatic heterocycles. The van der Waals surface area contributed by atoms with Gasteiger partial charge in [0.15, 0.2) is 0 Å². The zero-order chi connectivity index (χ0) is 16.7. The Morgan fingerprint density at radius 3 is 2.78 bits per heavy atom. The summed E-state index contributed by atoms with van der Waals surface area (Å²) in [6.07, 6.45) is 2.26. The molecule has 1 heterocycles. The Labute approximate surface area is 136 Å². The lowest BCUT2D eigenvalue weighted by molar-refractivity contribution is -0.128. The molecular formula is C17H23N3O3. The van der Waals surface area contributed by atoms with Gasteiger partial charge < -0.3 is 16.0 Å². The van der Waals surface area contributed by atoms with Gasteiger partial charge in [-0.05, 0) is 25.3 Å². The summed E-state index contributed by atoms with van der Waals surface area (Å²) in [6, 6.07) is 8.70. The average Bonchev–Trinajstić information content (AvgIpc) is 2.72. The minimum Gasteiger partial charge on any atom is -0.354 e. The van der Waals surface area contributed by atoms with E-state index in [-0.39, 0.29) is 30.2 Å². The van der Waals surface area contributed by atoms with Crippen molar-refractivity contribution in [3.63, 3.8) is 0 Å². The van der Waals surface area contributed by atoms with E-state index in [4.69, 9.17) is 0 Å². The molecular weight excluding hydrogens is 294 g/mol. The standard InChI is InChI=1S/C17H23N3O3/c1-12(19-16(22)10-13-6-3-2-4-7-13)17(23)20-14-8-5-9-15(21)18-11-14/h2-4,6-7,12,14H,5,8-11H2,1H3,(H,18,21)(H,19,22)(H,20,23)/t12-,14?/m0/s1. The molecule has 3 amide bonds. The van der Waals surface area contributed by atoms with E-state index >= 15 is 0 Å². The van der Waals surface area contributed by atoms with Gasteiger partial charge >= 0.3 is 0 Å². The van der Waals surface area contributed by atoms with Gasteiger partial charge in [0.2, 0.25) is 17.7 Å². The smallest absolute Gasteiger partial charge is 0.242 e. The minimum atomic E-state index is -0.606. The monoisotopic (exact) mass is 317 g/mol. The van der Waals surface area contributed by atoms with Crippen LogP contribution in [-0.2, 0) is 20.8 Å². The second-order valence-corrected chi connectivity index (χ2v) is 5.85. The first-order valence-electron chi connectivity index (χ1n) is 7.95. The zero-order valence-electron chi connectivity index (χ0n) is 13.3. The van der Waals surface area contributed by atoms with Crippen molar-refractivity contribution >= 4 is 17.7 Å². The number of carbonyl (C=O) groups is 3. The van der Waals surface area contributed by atoms with Crippen LogP contribution in [0.3, 0.4) is 0 Å². The number of amides is 3. The fourth-order valence-corrected chi connectivity index (χ4v) is 2.53. The first kappa shape index (κ1) is 17.0. The summed E-state index contributed by atoms with van der Waals surface area (Å²) in [4.78, 5) is 35.4. The van der Waals surface area contributed by atoms with E-state index < -0.39 is 6.04 Å². The Morgan fingerprint density at radius 1 is 1.30 bits per heavy atom. The van der Waals surface area contributed by atoms with Gasteiger partial charge in [-0.1, -0.05) is 30.3 Å². The summed E-state index contributed by atoms with van der Waals surface area (Å²) in [5.74, 6) is -0.397. The zero-order valence-corrected chi connectivity index (χ0v) is 13.3. The van der Waals surface area contributed by atoms with Gasteiger partial charge in [-0.3, -0.25) is 14.4 Å². The van der Waals surface area contributed by atoms with Gasteiger partial charge in [0, 0.05) is 19.0 Å². The topological polar surface area (TPSA) is 87.3 Å². The van der Waals surface area contributed by atoms with Crippen molar-refractivity contribution in [2.75, 3.05) is 6.54 Å². The molecule has 1 aromatic carbocycles. The summed E-state index contributed by atoms with van der Waals surface area (Å²) in [5.41, 5.74) is 0.907. The fraction of sp³-hybridized carbons (Fsp3) is 0.471. The van der Waals surface area contributed by atoms with E-state index in [9.17, 15) is 14.4 Å². The van der Waals surface area contributed by atoms with Crippen molar-refractivity contribution in [1.82, 2.24) is 16.0 Å². The first-order chi connectivity index (χ1) is 11.0. The number of hydrogen-bond donors (Lipinski definition) is 3. The van der Waals surface area contributed by atoms with Gasteiger partial charge in [-0.25, -0.2) is 0 Å². The van der Waals surface area contributed by atoms with Crippen LogP contribution in [0.15, 0.2) is 30.3 Å². The number of benzene rings is 1. The summed E-state index contributed by atoms with van der Waals surface area (Å²) < 4.78 is 0. The van der Waals surface area contributed by atoms with Crippen LogP contribution < -0.4 is 16.0 Å². The molecule has 0 saturated carbocycles. The van der Waals surface area contributed by atoms with Crippen LogP contribution >= 0.6 is 0 Å². The quantitative estimate of drug-likeness (QED) is 0.740. The maximum atomic E-state index is 12.2. The Hall–Kier alpha value is -2.37. The fourth-order valence-electron chi connectivity index (χ4n) is 2.53. The molecule has 3 N–H and O–H groups in total. The second kappa shape index (κ2) is 8.31. The highest BCUT2D eigenvalue weighted by Crippen LogP contribution is 2.05. The normalized spacial score (nSPS) is 19.2. The Kier molecular flexibility index (Phi) is 6.14. The van der Waals surface area contributed by atoms with E-state index in [1.54, 1.807) is 6.92 Å². The predicted molar refractivity (Wildman–Crippen MR) is 86.5 cm³/mol. The van der Waals surface area contributed by atoms with Gasteiger partial charge in [0.05, 0.1) is 6.42 Å². The van der Waals surface area contributed by atoms with E-state index in [1.165, 1.54) is 0 Å². The van der Waals surface area contributed by atoms with Gasteiger partial charge in [-0.15, -0.1) is 0 Å². The minimum absolute atomic E-state index is 0.0194. The lowest BCUT2D eigenvalue weighted by Crippen LogP contribution is -2.50. The van der Waals surface area contributed by atoms with E-state index in [0.29, 0.717) is 13.0 Å². The largest absolute Gasteiger partial charge is 0.354 e. The molecule has 0 aromatic heterocycles. The molecule has 0 radical (unpaired) electrons. The van der Waals surface area contributed by atoms with Crippen molar-refractivity contribution in [2.45, 2.75) is 44.7 Å². The lowest BCUT2D eigenvalue weighted by atomic mass is 10.1. The van der Waals surface area contributed by atoms with Crippen LogP contribution in [0.1, 0.15) is 31.7 Å². The van der Waals surface area contributed by atoms with Crippen molar-refractivity contribution in [1.29, 1.82) is 0 Å². The molecule has 2 atom stereocenters. The molecule has 1 saturated heterocycles. The maximum Gasteiger partial charge on any atom is 0.242 e. The Balaban J connectivity index is 1.78. The maximum absolute atomic E-state index is 12.2. The highest BCUT2D eigenvalue weighted by molar-refractivity contribution is 5.88. The van der Waals surface area contributed by atoms with Gasteiger partial charge in [-0.2, -0.15) is 0 Å². The summed E-state index contributed by atoms with van der Waals surface area (Å²) >= 11 is 0.